The van der Waals surface area contributed by atoms with Crippen LogP contribution in [0.1, 0.15) is 31.4 Å². The summed E-state index contributed by atoms with van der Waals surface area (Å²) in [6.45, 7) is 2.73. The lowest BCUT2D eigenvalue weighted by atomic mass is 9.94. The molecule has 1 saturated carbocycles. The molecule has 2 unspecified atom stereocenters. The number of rotatable bonds is 6. The predicted octanol–water partition coefficient (Wildman–Crippen LogP) is 3.77. The third-order valence-electron chi connectivity index (χ3n) is 4.58. The number of anilines is 1. The quantitative estimate of drug-likeness (QED) is 0.883. The number of nitrogens with two attached hydrogens (primary N) is 1. The molecule has 0 aliphatic heterocycles. The average molecular weight is 308 g/mol. The summed E-state index contributed by atoms with van der Waals surface area (Å²) in [5.74, 6) is 0.495. The smallest absolute Gasteiger partial charge is 0.231 e. The molecule has 2 N–H and O–H groups in total. The summed E-state index contributed by atoms with van der Waals surface area (Å²) in [4.78, 5) is 15.0. The lowest BCUT2D eigenvalue weighted by molar-refractivity contribution is -0.122. The van der Waals surface area contributed by atoms with Crippen molar-refractivity contribution in [3.05, 3.63) is 66.2 Å². The molecule has 0 heterocycles. The molecule has 3 nitrogen and oxygen atoms in total. The summed E-state index contributed by atoms with van der Waals surface area (Å²) in [5.41, 5.74) is 8.33. The van der Waals surface area contributed by atoms with Crippen molar-refractivity contribution in [2.75, 3.05) is 11.4 Å². The number of amides is 1. The van der Waals surface area contributed by atoms with Crippen LogP contribution in [0.15, 0.2) is 60.7 Å². The normalized spacial score (nSPS) is 16.6. The molecular weight excluding hydrogens is 284 g/mol. The molecule has 3 heteroatoms. The highest BCUT2D eigenvalue weighted by Gasteiger charge is 2.32. The Morgan fingerprint density at radius 1 is 1.09 bits per heavy atom. The minimum atomic E-state index is -0.283. The van der Waals surface area contributed by atoms with E-state index in [0.717, 1.165) is 17.8 Å². The third-order valence-corrected chi connectivity index (χ3v) is 4.58. The summed E-state index contributed by atoms with van der Waals surface area (Å²) >= 11 is 0. The fraction of sp³-hybridized carbons (Fsp3) is 0.350. The van der Waals surface area contributed by atoms with E-state index in [0.29, 0.717) is 5.92 Å². The molecule has 120 valence electrons. The Hall–Kier alpha value is -2.13. The lowest BCUT2D eigenvalue weighted by Crippen LogP contribution is -2.40. The van der Waals surface area contributed by atoms with Gasteiger partial charge in [0, 0.05) is 18.3 Å². The van der Waals surface area contributed by atoms with Gasteiger partial charge in [-0.3, -0.25) is 4.79 Å². The van der Waals surface area contributed by atoms with Crippen LogP contribution in [0.2, 0.25) is 0 Å². The van der Waals surface area contributed by atoms with Crippen LogP contribution in [0.3, 0.4) is 0 Å². The molecule has 0 radical (unpaired) electrons. The van der Waals surface area contributed by atoms with Gasteiger partial charge < -0.3 is 10.6 Å². The fourth-order valence-electron chi connectivity index (χ4n) is 2.85. The van der Waals surface area contributed by atoms with Gasteiger partial charge in [-0.2, -0.15) is 0 Å². The predicted molar refractivity (Wildman–Crippen MR) is 94.1 cm³/mol. The van der Waals surface area contributed by atoms with E-state index in [1.165, 1.54) is 12.8 Å². The largest absolute Gasteiger partial charge is 0.323 e. The van der Waals surface area contributed by atoms with Crippen LogP contribution in [0.5, 0.6) is 0 Å². The van der Waals surface area contributed by atoms with E-state index in [9.17, 15) is 4.79 Å². The maximum atomic E-state index is 13.1. The molecule has 2 aromatic carbocycles. The first kappa shape index (κ1) is 15.8. The Labute approximate surface area is 138 Å². The van der Waals surface area contributed by atoms with Crippen molar-refractivity contribution in [2.45, 2.75) is 25.8 Å². The van der Waals surface area contributed by atoms with Gasteiger partial charge in [0.25, 0.3) is 0 Å². The third kappa shape index (κ3) is 3.80. The highest BCUT2D eigenvalue weighted by Crippen LogP contribution is 2.33. The van der Waals surface area contributed by atoms with E-state index in [-0.39, 0.29) is 17.9 Å². The summed E-state index contributed by atoms with van der Waals surface area (Å²) < 4.78 is 0. The molecule has 0 aromatic heterocycles. The molecule has 1 fully saturated rings. The van der Waals surface area contributed by atoms with E-state index in [4.69, 9.17) is 5.73 Å². The maximum Gasteiger partial charge on any atom is 0.231 e. The second-order valence-electron chi connectivity index (χ2n) is 6.45. The van der Waals surface area contributed by atoms with Crippen molar-refractivity contribution in [1.82, 2.24) is 0 Å². The van der Waals surface area contributed by atoms with Crippen molar-refractivity contribution in [1.29, 1.82) is 0 Å². The lowest BCUT2D eigenvalue weighted by Gasteiger charge is -2.29. The first-order chi connectivity index (χ1) is 11.2. The molecule has 2 atom stereocenters. The van der Waals surface area contributed by atoms with Crippen LogP contribution in [-0.4, -0.2) is 12.5 Å². The Balaban J connectivity index is 1.79. The Bertz CT molecular complexity index is 637. The van der Waals surface area contributed by atoms with Crippen molar-refractivity contribution < 1.29 is 4.79 Å². The summed E-state index contributed by atoms with van der Waals surface area (Å²) in [6.07, 6.45) is 2.44. The number of hydrogen-bond acceptors (Lipinski definition) is 2. The Morgan fingerprint density at radius 2 is 1.65 bits per heavy atom. The molecule has 3 rings (SSSR count). The minimum absolute atomic E-state index is 0.111. The van der Waals surface area contributed by atoms with Crippen LogP contribution in [-0.2, 0) is 4.79 Å². The van der Waals surface area contributed by atoms with Gasteiger partial charge in [-0.25, -0.2) is 0 Å². The minimum Gasteiger partial charge on any atom is -0.323 e. The highest BCUT2D eigenvalue weighted by molar-refractivity contribution is 5.95. The van der Waals surface area contributed by atoms with Gasteiger partial charge in [-0.15, -0.1) is 0 Å². The number of carbonyl (C=O) groups excluding carboxylic acids is 1. The number of benzene rings is 2. The van der Waals surface area contributed by atoms with Crippen molar-refractivity contribution >= 4 is 11.6 Å². The monoisotopic (exact) mass is 308 g/mol. The first-order valence-corrected chi connectivity index (χ1v) is 8.34. The van der Waals surface area contributed by atoms with Crippen LogP contribution in [0.25, 0.3) is 0 Å². The Kier molecular flexibility index (Phi) is 4.77. The number of nitrogens with zero attached hydrogens (tertiary/aromatic N) is 1. The van der Waals surface area contributed by atoms with Gasteiger partial charge in [0.2, 0.25) is 5.91 Å². The van der Waals surface area contributed by atoms with Gasteiger partial charge in [0.05, 0.1) is 5.92 Å². The van der Waals surface area contributed by atoms with Gasteiger partial charge >= 0.3 is 0 Å². The summed E-state index contributed by atoms with van der Waals surface area (Å²) in [5, 5.41) is 0. The van der Waals surface area contributed by atoms with Gasteiger partial charge in [-0.1, -0.05) is 55.5 Å². The number of hydrogen-bond donors (Lipinski definition) is 1. The zero-order chi connectivity index (χ0) is 16.2. The average Bonchev–Trinajstić information content (AvgIpc) is 3.43. The maximum absolute atomic E-state index is 13.1. The van der Waals surface area contributed by atoms with Crippen LogP contribution in [0, 0.1) is 11.8 Å². The summed E-state index contributed by atoms with van der Waals surface area (Å²) in [7, 11) is 0. The second-order valence-corrected chi connectivity index (χ2v) is 6.45. The topological polar surface area (TPSA) is 46.3 Å². The molecule has 0 saturated heterocycles. The zero-order valence-corrected chi connectivity index (χ0v) is 13.6. The molecule has 1 amide bonds. The molecule has 0 spiro atoms. The molecule has 0 bridgehead atoms. The molecular formula is C20H24N2O. The van der Waals surface area contributed by atoms with E-state index in [2.05, 4.69) is 0 Å². The van der Waals surface area contributed by atoms with Gasteiger partial charge in [0.15, 0.2) is 0 Å². The second kappa shape index (κ2) is 6.97. The van der Waals surface area contributed by atoms with Crippen LogP contribution in [0.4, 0.5) is 5.69 Å². The standard InChI is InChI=1S/C20H24N2O/c1-15(19(21)17-8-4-2-5-9-17)20(23)22(14-16-12-13-16)18-10-6-3-7-11-18/h2-11,15-16,19H,12-14,21H2,1H3. The van der Waals surface area contributed by atoms with Crippen LogP contribution < -0.4 is 10.6 Å². The SMILES string of the molecule is CC(C(=O)N(CC1CC1)c1ccccc1)C(N)c1ccccc1. The van der Waals surface area contributed by atoms with E-state index < -0.39 is 0 Å². The summed E-state index contributed by atoms with van der Waals surface area (Å²) in [6, 6.07) is 19.5. The zero-order valence-electron chi connectivity index (χ0n) is 13.6. The molecule has 23 heavy (non-hydrogen) atoms. The molecule has 2 aromatic rings. The van der Waals surface area contributed by atoms with Crippen molar-refractivity contribution in [2.24, 2.45) is 17.6 Å². The fourth-order valence-corrected chi connectivity index (χ4v) is 2.85. The van der Waals surface area contributed by atoms with Crippen molar-refractivity contribution in [3.8, 4) is 0 Å². The van der Waals surface area contributed by atoms with Crippen molar-refractivity contribution in [3.63, 3.8) is 0 Å². The molecule has 1 aliphatic carbocycles. The first-order valence-electron chi connectivity index (χ1n) is 8.34. The van der Waals surface area contributed by atoms with Gasteiger partial charge in [-0.05, 0) is 36.5 Å². The van der Waals surface area contributed by atoms with E-state index in [1.54, 1.807) is 0 Å². The van der Waals surface area contributed by atoms with E-state index >= 15 is 0 Å². The van der Waals surface area contributed by atoms with E-state index in [1.807, 2.05) is 72.5 Å². The van der Waals surface area contributed by atoms with Gasteiger partial charge in [0.1, 0.15) is 0 Å². The Morgan fingerprint density at radius 3 is 2.22 bits per heavy atom. The number of carbonyl (C=O) groups is 1. The molecule has 1 aliphatic rings. The van der Waals surface area contributed by atoms with Crippen LogP contribution >= 0.6 is 0 Å². The number of para-hydroxylation sites is 1. The highest BCUT2D eigenvalue weighted by atomic mass is 16.2.